The summed E-state index contributed by atoms with van der Waals surface area (Å²) in [6.45, 7) is 6.77. The molecule has 1 heterocycles. The van der Waals surface area contributed by atoms with Gasteiger partial charge in [-0.1, -0.05) is 31.6 Å². The van der Waals surface area contributed by atoms with E-state index in [0.717, 1.165) is 25.8 Å². The highest BCUT2D eigenvalue weighted by atomic mass is 16.2. The van der Waals surface area contributed by atoms with Crippen LogP contribution in [0.5, 0.6) is 0 Å². The van der Waals surface area contributed by atoms with E-state index in [9.17, 15) is 4.79 Å². The van der Waals surface area contributed by atoms with Crippen LogP contribution in [0.3, 0.4) is 0 Å². The lowest BCUT2D eigenvalue weighted by atomic mass is 10.2. The van der Waals surface area contributed by atoms with Crippen molar-refractivity contribution in [2.24, 2.45) is 0 Å². The Bertz CT molecular complexity index is 498. The van der Waals surface area contributed by atoms with Gasteiger partial charge in [0.1, 0.15) is 12.3 Å². The van der Waals surface area contributed by atoms with Crippen LogP contribution in [0.4, 0.5) is 0 Å². The maximum Gasteiger partial charge on any atom is 0.272 e. The number of nitrogens with zero attached hydrogens (tertiary/aromatic N) is 2. The Hall–Kier alpha value is -1.86. The van der Waals surface area contributed by atoms with Crippen LogP contribution in [0.25, 0.3) is 0 Å². The maximum absolute atomic E-state index is 12.5. The third-order valence-electron chi connectivity index (χ3n) is 3.18. The van der Waals surface area contributed by atoms with Crippen LogP contribution < -0.4 is 0 Å². The number of hydrogen-bond donors (Lipinski definition) is 1. The van der Waals surface area contributed by atoms with Crippen LogP contribution in [-0.4, -0.2) is 40.1 Å². The fourth-order valence-corrected chi connectivity index (χ4v) is 2.01. The van der Waals surface area contributed by atoms with Crippen LogP contribution in [0.1, 0.15) is 56.1 Å². The SMILES string of the molecule is CCCCCN(C(=O)c1ccc(C#CCO)cn1)C(C)C. The quantitative estimate of drug-likeness (QED) is 0.646. The molecule has 0 fully saturated rings. The van der Waals surface area contributed by atoms with Gasteiger partial charge in [-0.3, -0.25) is 4.79 Å². The summed E-state index contributed by atoms with van der Waals surface area (Å²) in [5.41, 5.74) is 1.14. The molecule has 1 rings (SSSR count). The van der Waals surface area contributed by atoms with Crippen molar-refractivity contribution in [3.8, 4) is 11.8 Å². The standard InChI is InChI=1S/C17H24N2O2/c1-4-5-6-11-19(14(2)3)17(21)16-10-9-15(13-18-16)8-7-12-20/h9-10,13-14,20H,4-6,11-12H2,1-3H3. The van der Waals surface area contributed by atoms with Crippen molar-refractivity contribution < 1.29 is 9.90 Å². The highest BCUT2D eigenvalue weighted by Gasteiger charge is 2.19. The van der Waals surface area contributed by atoms with Crippen molar-refractivity contribution >= 4 is 5.91 Å². The van der Waals surface area contributed by atoms with E-state index in [2.05, 4.69) is 23.7 Å². The van der Waals surface area contributed by atoms with Gasteiger partial charge < -0.3 is 10.0 Å². The monoisotopic (exact) mass is 288 g/mol. The topological polar surface area (TPSA) is 53.4 Å². The first kappa shape index (κ1) is 17.2. The Balaban J connectivity index is 2.78. The summed E-state index contributed by atoms with van der Waals surface area (Å²) in [7, 11) is 0. The fourth-order valence-electron chi connectivity index (χ4n) is 2.01. The van der Waals surface area contributed by atoms with Gasteiger partial charge in [-0.2, -0.15) is 0 Å². The minimum Gasteiger partial charge on any atom is -0.384 e. The molecule has 4 nitrogen and oxygen atoms in total. The predicted molar refractivity (Wildman–Crippen MR) is 83.9 cm³/mol. The van der Waals surface area contributed by atoms with Crippen LogP contribution in [0, 0.1) is 11.8 Å². The lowest BCUT2D eigenvalue weighted by Crippen LogP contribution is -2.38. The summed E-state index contributed by atoms with van der Waals surface area (Å²) in [6, 6.07) is 3.61. The normalized spacial score (nSPS) is 10.1. The van der Waals surface area contributed by atoms with E-state index < -0.39 is 0 Å². The first-order valence-corrected chi connectivity index (χ1v) is 7.46. The Morgan fingerprint density at radius 3 is 2.67 bits per heavy atom. The molecule has 0 spiro atoms. The number of amides is 1. The zero-order valence-electron chi connectivity index (χ0n) is 13.1. The molecular weight excluding hydrogens is 264 g/mol. The van der Waals surface area contributed by atoms with Gasteiger partial charge in [0.05, 0.1) is 0 Å². The summed E-state index contributed by atoms with van der Waals surface area (Å²) in [5.74, 6) is 5.29. The third kappa shape index (κ3) is 5.57. The van der Waals surface area contributed by atoms with Crippen molar-refractivity contribution in [1.29, 1.82) is 0 Å². The molecule has 1 aromatic rings. The second-order valence-electron chi connectivity index (χ2n) is 5.19. The van der Waals surface area contributed by atoms with Crippen LogP contribution >= 0.6 is 0 Å². The van der Waals surface area contributed by atoms with Crippen molar-refractivity contribution in [3.63, 3.8) is 0 Å². The summed E-state index contributed by atoms with van der Waals surface area (Å²) < 4.78 is 0. The second-order valence-corrected chi connectivity index (χ2v) is 5.19. The highest BCUT2D eigenvalue weighted by molar-refractivity contribution is 5.92. The number of hydrogen-bond acceptors (Lipinski definition) is 3. The first-order valence-electron chi connectivity index (χ1n) is 7.46. The molecule has 0 aliphatic carbocycles. The number of pyridine rings is 1. The molecule has 0 radical (unpaired) electrons. The van der Waals surface area contributed by atoms with Gasteiger partial charge >= 0.3 is 0 Å². The van der Waals surface area contributed by atoms with Crippen molar-refractivity contribution in [2.75, 3.05) is 13.2 Å². The lowest BCUT2D eigenvalue weighted by molar-refractivity contribution is 0.0696. The zero-order chi connectivity index (χ0) is 15.7. The summed E-state index contributed by atoms with van der Waals surface area (Å²) >= 11 is 0. The molecule has 0 saturated heterocycles. The predicted octanol–water partition coefficient (Wildman–Crippen LogP) is 2.47. The van der Waals surface area contributed by atoms with Gasteiger partial charge in [0, 0.05) is 24.3 Å². The number of carbonyl (C=O) groups excluding carboxylic acids is 1. The third-order valence-corrected chi connectivity index (χ3v) is 3.18. The summed E-state index contributed by atoms with van der Waals surface area (Å²) in [5, 5.41) is 8.65. The van der Waals surface area contributed by atoms with Crippen LogP contribution in [0.2, 0.25) is 0 Å². The van der Waals surface area contributed by atoms with E-state index in [0.29, 0.717) is 11.3 Å². The molecule has 4 heteroatoms. The average molecular weight is 288 g/mol. The number of aliphatic hydroxyl groups excluding tert-OH is 1. The molecule has 21 heavy (non-hydrogen) atoms. The van der Waals surface area contributed by atoms with Gasteiger partial charge in [-0.25, -0.2) is 4.98 Å². The smallest absolute Gasteiger partial charge is 0.272 e. The van der Waals surface area contributed by atoms with E-state index >= 15 is 0 Å². The highest BCUT2D eigenvalue weighted by Crippen LogP contribution is 2.09. The molecule has 0 aliphatic heterocycles. The van der Waals surface area contributed by atoms with Crippen molar-refractivity contribution in [2.45, 2.75) is 46.1 Å². The Kier molecular flexibility index (Phi) is 7.49. The lowest BCUT2D eigenvalue weighted by Gasteiger charge is -2.26. The van der Waals surface area contributed by atoms with Gasteiger partial charge in [0.2, 0.25) is 0 Å². The number of rotatable bonds is 6. The number of unbranched alkanes of at least 4 members (excludes halogenated alkanes) is 2. The molecule has 0 saturated carbocycles. The molecule has 1 N–H and O–H groups in total. The largest absolute Gasteiger partial charge is 0.384 e. The van der Waals surface area contributed by atoms with Gasteiger partial charge in [-0.15, -0.1) is 0 Å². The van der Waals surface area contributed by atoms with Gasteiger partial charge in [0.25, 0.3) is 5.91 Å². The Labute approximate surface area is 127 Å². The molecule has 0 atom stereocenters. The van der Waals surface area contributed by atoms with E-state index in [1.807, 2.05) is 18.7 Å². The summed E-state index contributed by atoms with van der Waals surface area (Å²) in [4.78, 5) is 18.5. The zero-order valence-corrected chi connectivity index (χ0v) is 13.1. The molecule has 0 bridgehead atoms. The Morgan fingerprint density at radius 2 is 2.14 bits per heavy atom. The molecule has 1 aromatic heterocycles. The minimum absolute atomic E-state index is 0.0391. The van der Waals surface area contributed by atoms with Crippen molar-refractivity contribution in [1.82, 2.24) is 9.88 Å². The van der Waals surface area contributed by atoms with Gasteiger partial charge in [-0.05, 0) is 32.4 Å². The molecule has 0 aromatic carbocycles. The molecule has 114 valence electrons. The number of aliphatic hydroxyl groups is 1. The average Bonchev–Trinajstić information content (AvgIpc) is 2.49. The number of carbonyl (C=O) groups is 1. The molecule has 0 aliphatic rings. The van der Waals surface area contributed by atoms with E-state index in [1.54, 1.807) is 18.3 Å². The van der Waals surface area contributed by atoms with E-state index in [-0.39, 0.29) is 18.6 Å². The molecule has 1 amide bonds. The maximum atomic E-state index is 12.5. The Morgan fingerprint density at radius 1 is 1.38 bits per heavy atom. The molecular formula is C17H24N2O2. The van der Waals surface area contributed by atoms with E-state index in [4.69, 9.17) is 5.11 Å². The van der Waals surface area contributed by atoms with Crippen LogP contribution in [0.15, 0.2) is 18.3 Å². The second kappa shape index (κ2) is 9.15. The van der Waals surface area contributed by atoms with Gasteiger partial charge in [0.15, 0.2) is 0 Å². The fraction of sp³-hybridized carbons (Fsp3) is 0.529. The van der Waals surface area contributed by atoms with Crippen LogP contribution in [-0.2, 0) is 0 Å². The first-order chi connectivity index (χ1) is 10.1. The minimum atomic E-state index is -0.181. The van der Waals surface area contributed by atoms with E-state index in [1.165, 1.54) is 0 Å². The summed E-state index contributed by atoms with van der Waals surface area (Å²) in [6.07, 6.45) is 4.84. The van der Waals surface area contributed by atoms with Crippen molar-refractivity contribution in [3.05, 3.63) is 29.6 Å². The molecule has 0 unspecified atom stereocenters. The number of aromatic nitrogens is 1.